The van der Waals surface area contributed by atoms with E-state index in [4.69, 9.17) is 0 Å². The van der Waals surface area contributed by atoms with Crippen molar-refractivity contribution in [2.75, 3.05) is 0 Å². The summed E-state index contributed by atoms with van der Waals surface area (Å²) in [6.45, 7) is 7.19. The molecule has 0 bridgehead atoms. The van der Waals surface area contributed by atoms with Crippen LogP contribution in [-0.4, -0.2) is 10.2 Å². The van der Waals surface area contributed by atoms with E-state index in [0.717, 1.165) is 24.0 Å². The summed E-state index contributed by atoms with van der Waals surface area (Å²) in [6, 6.07) is 16.3. The molecular formula is C20H26O2. The van der Waals surface area contributed by atoms with E-state index < -0.39 is 11.2 Å². The van der Waals surface area contributed by atoms with Gasteiger partial charge in [0, 0.05) is 0 Å². The number of aliphatic hydroxyl groups is 2. The molecule has 2 aromatic carbocycles. The molecule has 0 saturated heterocycles. The Kier molecular flexibility index (Phi) is 4.74. The fourth-order valence-electron chi connectivity index (χ4n) is 2.45. The topological polar surface area (TPSA) is 40.5 Å². The zero-order valence-corrected chi connectivity index (χ0v) is 13.9. The fraction of sp³-hybridized carbons (Fsp3) is 0.400. The second-order valence-electron chi connectivity index (χ2n) is 7.01. The molecule has 2 heteroatoms. The van der Waals surface area contributed by atoms with Gasteiger partial charge in [0.25, 0.3) is 0 Å². The van der Waals surface area contributed by atoms with Gasteiger partial charge in [-0.1, -0.05) is 48.5 Å². The van der Waals surface area contributed by atoms with Gasteiger partial charge >= 0.3 is 0 Å². The summed E-state index contributed by atoms with van der Waals surface area (Å²) in [5, 5.41) is 19.9. The van der Waals surface area contributed by atoms with E-state index in [1.807, 2.05) is 24.3 Å². The number of benzene rings is 2. The molecule has 0 fully saturated rings. The first-order valence-corrected chi connectivity index (χ1v) is 7.80. The van der Waals surface area contributed by atoms with Gasteiger partial charge in [0.15, 0.2) is 0 Å². The molecule has 22 heavy (non-hydrogen) atoms. The normalized spacial score (nSPS) is 12.5. The second kappa shape index (κ2) is 6.23. The van der Waals surface area contributed by atoms with E-state index in [1.54, 1.807) is 27.7 Å². The van der Waals surface area contributed by atoms with Crippen molar-refractivity contribution in [1.29, 1.82) is 0 Å². The molecule has 2 nitrogen and oxygen atoms in total. The van der Waals surface area contributed by atoms with Crippen LogP contribution < -0.4 is 0 Å². The summed E-state index contributed by atoms with van der Waals surface area (Å²) < 4.78 is 0. The smallest absolute Gasteiger partial charge is 0.0840 e. The maximum Gasteiger partial charge on any atom is 0.0840 e. The van der Waals surface area contributed by atoms with E-state index in [9.17, 15) is 10.2 Å². The van der Waals surface area contributed by atoms with E-state index in [2.05, 4.69) is 24.3 Å². The van der Waals surface area contributed by atoms with Gasteiger partial charge in [-0.05, 0) is 62.8 Å². The molecular weight excluding hydrogens is 272 g/mol. The summed E-state index contributed by atoms with van der Waals surface area (Å²) in [6.07, 6.45) is 1.93. The van der Waals surface area contributed by atoms with Crippen LogP contribution in [0, 0.1) is 0 Å². The van der Waals surface area contributed by atoms with Crippen molar-refractivity contribution < 1.29 is 10.2 Å². The third-order valence-corrected chi connectivity index (χ3v) is 4.02. The second-order valence-corrected chi connectivity index (χ2v) is 7.01. The molecule has 0 unspecified atom stereocenters. The predicted octanol–water partition coefficient (Wildman–Crippen LogP) is 3.93. The molecule has 118 valence electrons. The van der Waals surface area contributed by atoms with Gasteiger partial charge in [-0.2, -0.15) is 0 Å². The van der Waals surface area contributed by atoms with E-state index >= 15 is 0 Å². The van der Waals surface area contributed by atoms with Crippen LogP contribution in [0.3, 0.4) is 0 Å². The van der Waals surface area contributed by atoms with Crippen LogP contribution in [-0.2, 0) is 24.0 Å². The van der Waals surface area contributed by atoms with Gasteiger partial charge in [-0.15, -0.1) is 0 Å². The van der Waals surface area contributed by atoms with Crippen molar-refractivity contribution in [3.8, 4) is 0 Å². The molecule has 0 heterocycles. The molecule has 0 atom stereocenters. The fourth-order valence-corrected chi connectivity index (χ4v) is 2.45. The first-order valence-electron chi connectivity index (χ1n) is 7.80. The van der Waals surface area contributed by atoms with Crippen LogP contribution >= 0.6 is 0 Å². The third-order valence-electron chi connectivity index (χ3n) is 4.02. The summed E-state index contributed by atoms with van der Waals surface area (Å²) in [5.41, 5.74) is 2.83. The zero-order chi connectivity index (χ0) is 16.4. The quantitative estimate of drug-likeness (QED) is 0.878. The van der Waals surface area contributed by atoms with Crippen LogP contribution in [0.5, 0.6) is 0 Å². The molecule has 0 amide bonds. The SMILES string of the molecule is CC(C)(O)c1ccc(CCc2ccc(C(C)(C)O)cc2)cc1. The Hall–Kier alpha value is -1.64. The molecule has 0 spiro atoms. The minimum atomic E-state index is -0.786. The van der Waals surface area contributed by atoms with Crippen molar-refractivity contribution in [2.45, 2.75) is 51.7 Å². The van der Waals surface area contributed by atoms with Gasteiger partial charge in [-0.3, -0.25) is 0 Å². The van der Waals surface area contributed by atoms with Crippen LogP contribution in [0.25, 0.3) is 0 Å². The van der Waals surface area contributed by atoms with Gasteiger partial charge < -0.3 is 10.2 Å². The lowest BCUT2D eigenvalue weighted by Crippen LogP contribution is -2.15. The Morgan fingerprint density at radius 2 is 0.864 bits per heavy atom. The third kappa shape index (κ3) is 4.43. The Morgan fingerprint density at radius 1 is 0.591 bits per heavy atom. The molecule has 0 aromatic heterocycles. The Labute approximate surface area is 133 Å². The number of hydrogen-bond donors (Lipinski definition) is 2. The Bertz CT molecular complexity index is 539. The maximum absolute atomic E-state index is 9.96. The monoisotopic (exact) mass is 298 g/mol. The summed E-state index contributed by atoms with van der Waals surface area (Å²) in [5.74, 6) is 0. The summed E-state index contributed by atoms with van der Waals surface area (Å²) in [7, 11) is 0. The highest BCUT2D eigenvalue weighted by Crippen LogP contribution is 2.22. The van der Waals surface area contributed by atoms with E-state index in [-0.39, 0.29) is 0 Å². The standard InChI is InChI=1S/C20H26O2/c1-19(2,21)17-11-7-15(8-12-17)5-6-16-9-13-18(14-10-16)20(3,4)22/h7-14,21-22H,5-6H2,1-4H3. The van der Waals surface area contributed by atoms with Crippen LogP contribution in [0.1, 0.15) is 49.9 Å². The van der Waals surface area contributed by atoms with Gasteiger partial charge in [-0.25, -0.2) is 0 Å². The van der Waals surface area contributed by atoms with Crippen molar-refractivity contribution in [1.82, 2.24) is 0 Å². The van der Waals surface area contributed by atoms with E-state index in [0.29, 0.717) is 0 Å². The lowest BCUT2D eigenvalue weighted by Gasteiger charge is -2.18. The molecule has 0 radical (unpaired) electrons. The minimum Gasteiger partial charge on any atom is -0.386 e. The largest absolute Gasteiger partial charge is 0.386 e. The van der Waals surface area contributed by atoms with E-state index in [1.165, 1.54) is 11.1 Å². The summed E-state index contributed by atoms with van der Waals surface area (Å²) >= 11 is 0. The van der Waals surface area contributed by atoms with Crippen molar-refractivity contribution in [2.24, 2.45) is 0 Å². The van der Waals surface area contributed by atoms with Gasteiger partial charge in [0.1, 0.15) is 0 Å². The van der Waals surface area contributed by atoms with Crippen molar-refractivity contribution >= 4 is 0 Å². The number of aryl methyl sites for hydroxylation is 2. The highest BCUT2D eigenvalue weighted by atomic mass is 16.3. The average Bonchev–Trinajstić information content (AvgIpc) is 2.44. The lowest BCUT2D eigenvalue weighted by molar-refractivity contribution is 0.0780. The lowest BCUT2D eigenvalue weighted by atomic mass is 9.94. The molecule has 0 aliphatic heterocycles. The van der Waals surface area contributed by atoms with Crippen LogP contribution in [0.15, 0.2) is 48.5 Å². The summed E-state index contributed by atoms with van der Waals surface area (Å²) in [4.78, 5) is 0. The molecule has 0 saturated carbocycles. The highest BCUT2D eigenvalue weighted by Gasteiger charge is 2.16. The zero-order valence-electron chi connectivity index (χ0n) is 13.9. The maximum atomic E-state index is 9.96. The van der Waals surface area contributed by atoms with Crippen molar-refractivity contribution in [3.05, 3.63) is 70.8 Å². The van der Waals surface area contributed by atoms with Crippen LogP contribution in [0.2, 0.25) is 0 Å². The van der Waals surface area contributed by atoms with Gasteiger partial charge in [0.05, 0.1) is 11.2 Å². The molecule has 2 aromatic rings. The molecule has 0 aliphatic carbocycles. The first-order chi connectivity index (χ1) is 10.2. The first kappa shape index (κ1) is 16.7. The number of hydrogen-bond acceptors (Lipinski definition) is 2. The Balaban J connectivity index is 1.98. The molecule has 2 N–H and O–H groups in total. The average molecular weight is 298 g/mol. The molecule has 0 aliphatic rings. The minimum absolute atomic E-state index is 0.786. The number of rotatable bonds is 5. The Morgan fingerprint density at radius 3 is 1.09 bits per heavy atom. The van der Waals surface area contributed by atoms with Crippen molar-refractivity contribution in [3.63, 3.8) is 0 Å². The van der Waals surface area contributed by atoms with Crippen LogP contribution in [0.4, 0.5) is 0 Å². The highest BCUT2D eigenvalue weighted by molar-refractivity contribution is 5.29. The van der Waals surface area contributed by atoms with Gasteiger partial charge in [0.2, 0.25) is 0 Å². The molecule has 2 rings (SSSR count). The predicted molar refractivity (Wildman–Crippen MR) is 90.8 cm³/mol.